The van der Waals surface area contributed by atoms with Crippen LogP contribution in [0.3, 0.4) is 0 Å². The van der Waals surface area contributed by atoms with Gasteiger partial charge in [-0.1, -0.05) is 18.3 Å². The molecule has 1 aromatic rings. The molecule has 1 saturated carbocycles. The third-order valence-electron chi connectivity index (χ3n) is 3.57. The maximum Gasteiger partial charge on any atom is 0.267 e. The molecule has 0 radical (unpaired) electrons. The number of rotatable bonds is 7. The number of anilines is 2. The van der Waals surface area contributed by atoms with Crippen molar-refractivity contribution in [3.63, 3.8) is 0 Å². The van der Waals surface area contributed by atoms with Crippen molar-refractivity contribution in [2.45, 2.75) is 33.1 Å². The molecule has 6 heteroatoms. The Hall–Kier alpha value is -1.30. The zero-order chi connectivity index (χ0) is 14.7. The summed E-state index contributed by atoms with van der Waals surface area (Å²) in [6.45, 7) is 6.63. The SMILES string of the molecule is CCCN(C)c1nc(N)c(C(=O)N(CC)CC2CC2)s1. The minimum absolute atomic E-state index is 0.0329. The second-order valence-electron chi connectivity index (χ2n) is 5.42. The average molecular weight is 296 g/mol. The predicted octanol–water partition coefficient (Wildman–Crippen LogP) is 2.44. The van der Waals surface area contributed by atoms with Crippen LogP contribution in [0.25, 0.3) is 0 Å². The van der Waals surface area contributed by atoms with E-state index in [0.29, 0.717) is 16.6 Å². The first kappa shape index (κ1) is 15.1. The molecule has 0 atom stereocenters. The Bertz CT molecular complexity index is 470. The lowest BCUT2D eigenvalue weighted by Gasteiger charge is -2.19. The van der Waals surface area contributed by atoms with E-state index >= 15 is 0 Å². The molecule has 0 bridgehead atoms. The molecular formula is C14H24N4OS. The standard InChI is InChI=1S/C14H24N4OS/c1-4-8-17(3)14-16-12(15)11(20-14)13(19)18(5-2)9-10-6-7-10/h10H,4-9,15H2,1-3H3. The number of amides is 1. The van der Waals surface area contributed by atoms with E-state index in [2.05, 4.69) is 16.8 Å². The van der Waals surface area contributed by atoms with Gasteiger partial charge < -0.3 is 15.5 Å². The summed E-state index contributed by atoms with van der Waals surface area (Å²) < 4.78 is 0. The first-order chi connectivity index (χ1) is 9.56. The maximum atomic E-state index is 12.6. The van der Waals surface area contributed by atoms with E-state index < -0.39 is 0 Å². The van der Waals surface area contributed by atoms with Crippen LogP contribution in [0.15, 0.2) is 0 Å². The van der Waals surface area contributed by atoms with Gasteiger partial charge in [-0.25, -0.2) is 4.98 Å². The van der Waals surface area contributed by atoms with Gasteiger partial charge >= 0.3 is 0 Å². The zero-order valence-corrected chi connectivity index (χ0v) is 13.4. The molecule has 20 heavy (non-hydrogen) atoms. The molecular weight excluding hydrogens is 272 g/mol. The van der Waals surface area contributed by atoms with E-state index in [4.69, 9.17) is 5.73 Å². The van der Waals surface area contributed by atoms with Gasteiger partial charge in [0.2, 0.25) is 0 Å². The maximum absolute atomic E-state index is 12.6. The fourth-order valence-electron chi connectivity index (χ4n) is 2.18. The number of hydrogen-bond donors (Lipinski definition) is 1. The van der Waals surface area contributed by atoms with Crippen LogP contribution in [0.5, 0.6) is 0 Å². The number of aromatic nitrogens is 1. The summed E-state index contributed by atoms with van der Waals surface area (Å²) in [7, 11) is 1.98. The molecule has 1 aliphatic rings. The molecule has 1 amide bonds. The fourth-order valence-corrected chi connectivity index (χ4v) is 3.12. The number of nitrogen functional groups attached to an aromatic ring is 1. The molecule has 0 saturated heterocycles. The van der Waals surface area contributed by atoms with Crippen molar-refractivity contribution in [1.29, 1.82) is 0 Å². The topological polar surface area (TPSA) is 62.5 Å². The average Bonchev–Trinajstić information content (AvgIpc) is 3.16. The Balaban J connectivity index is 2.11. The first-order valence-electron chi connectivity index (χ1n) is 7.33. The molecule has 0 aliphatic heterocycles. The van der Waals surface area contributed by atoms with Gasteiger partial charge in [0.15, 0.2) is 5.13 Å². The van der Waals surface area contributed by atoms with Crippen molar-refractivity contribution in [2.75, 3.05) is 37.3 Å². The van der Waals surface area contributed by atoms with E-state index in [1.165, 1.54) is 24.2 Å². The number of carbonyl (C=O) groups is 1. The summed E-state index contributed by atoms with van der Waals surface area (Å²) in [4.78, 5) is 21.4. The Morgan fingerprint density at radius 3 is 2.70 bits per heavy atom. The van der Waals surface area contributed by atoms with Gasteiger partial charge in [0.05, 0.1) is 0 Å². The fraction of sp³-hybridized carbons (Fsp3) is 0.714. The molecule has 2 N–H and O–H groups in total. The smallest absolute Gasteiger partial charge is 0.267 e. The number of nitrogens with two attached hydrogens (primary N) is 1. The van der Waals surface area contributed by atoms with Crippen LogP contribution in [0.2, 0.25) is 0 Å². The van der Waals surface area contributed by atoms with Crippen molar-refractivity contribution in [2.24, 2.45) is 5.92 Å². The summed E-state index contributed by atoms with van der Waals surface area (Å²) in [6.07, 6.45) is 3.53. The molecule has 0 aromatic carbocycles. The van der Waals surface area contributed by atoms with Crippen LogP contribution < -0.4 is 10.6 Å². The first-order valence-corrected chi connectivity index (χ1v) is 8.15. The molecule has 112 valence electrons. The zero-order valence-electron chi connectivity index (χ0n) is 12.6. The van der Waals surface area contributed by atoms with E-state index in [-0.39, 0.29) is 5.91 Å². The molecule has 1 aromatic heterocycles. The number of thiazole rings is 1. The lowest BCUT2D eigenvalue weighted by atomic mass is 10.3. The predicted molar refractivity (Wildman–Crippen MR) is 84.4 cm³/mol. The van der Waals surface area contributed by atoms with E-state index in [1.807, 2.05) is 18.9 Å². The molecule has 1 heterocycles. The van der Waals surface area contributed by atoms with Gasteiger partial charge in [-0.3, -0.25) is 4.79 Å². The second kappa shape index (κ2) is 6.43. The Morgan fingerprint density at radius 1 is 1.45 bits per heavy atom. The van der Waals surface area contributed by atoms with Crippen LogP contribution >= 0.6 is 11.3 Å². The monoisotopic (exact) mass is 296 g/mol. The van der Waals surface area contributed by atoms with Crippen molar-refractivity contribution in [1.82, 2.24) is 9.88 Å². The highest BCUT2D eigenvalue weighted by Crippen LogP contribution is 2.32. The largest absolute Gasteiger partial charge is 0.382 e. The van der Waals surface area contributed by atoms with Gasteiger partial charge in [-0.2, -0.15) is 0 Å². The van der Waals surface area contributed by atoms with Crippen LogP contribution in [0.1, 0.15) is 42.8 Å². The van der Waals surface area contributed by atoms with Crippen molar-refractivity contribution < 1.29 is 4.79 Å². The molecule has 0 unspecified atom stereocenters. The third-order valence-corrected chi connectivity index (χ3v) is 4.74. The normalized spacial score (nSPS) is 14.3. The number of carbonyl (C=O) groups excluding carboxylic acids is 1. The third kappa shape index (κ3) is 3.42. The summed E-state index contributed by atoms with van der Waals surface area (Å²) in [6, 6.07) is 0. The molecule has 2 rings (SSSR count). The Kier molecular flexibility index (Phi) is 4.86. The lowest BCUT2D eigenvalue weighted by molar-refractivity contribution is 0.0762. The van der Waals surface area contributed by atoms with E-state index in [9.17, 15) is 4.79 Å². The minimum Gasteiger partial charge on any atom is -0.382 e. The summed E-state index contributed by atoms with van der Waals surface area (Å²) in [5.74, 6) is 1.09. The van der Waals surface area contributed by atoms with Gasteiger partial charge in [-0.15, -0.1) is 0 Å². The quantitative estimate of drug-likeness (QED) is 0.839. The van der Waals surface area contributed by atoms with E-state index in [1.54, 1.807) is 0 Å². The highest BCUT2D eigenvalue weighted by atomic mass is 32.1. The molecule has 5 nitrogen and oxygen atoms in total. The minimum atomic E-state index is 0.0329. The molecule has 1 aliphatic carbocycles. The van der Waals surface area contributed by atoms with Crippen molar-refractivity contribution in [3.05, 3.63) is 4.88 Å². The van der Waals surface area contributed by atoms with Crippen molar-refractivity contribution in [3.8, 4) is 0 Å². The van der Waals surface area contributed by atoms with Crippen LogP contribution in [-0.2, 0) is 0 Å². The van der Waals surface area contributed by atoms with Gasteiger partial charge in [-0.05, 0) is 32.1 Å². The summed E-state index contributed by atoms with van der Waals surface area (Å²) >= 11 is 1.41. The summed E-state index contributed by atoms with van der Waals surface area (Å²) in [5.41, 5.74) is 5.94. The van der Waals surface area contributed by atoms with Crippen LogP contribution in [0, 0.1) is 5.92 Å². The number of hydrogen-bond acceptors (Lipinski definition) is 5. The van der Waals surface area contributed by atoms with Gasteiger partial charge in [0.1, 0.15) is 10.7 Å². The highest BCUT2D eigenvalue weighted by molar-refractivity contribution is 7.18. The lowest BCUT2D eigenvalue weighted by Crippen LogP contribution is -2.32. The summed E-state index contributed by atoms with van der Waals surface area (Å²) in [5, 5.41) is 0.829. The Labute approximate surface area is 124 Å². The van der Waals surface area contributed by atoms with Crippen molar-refractivity contribution >= 4 is 28.2 Å². The van der Waals surface area contributed by atoms with E-state index in [0.717, 1.165) is 31.2 Å². The highest BCUT2D eigenvalue weighted by Gasteiger charge is 2.28. The van der Waals surface area contributed by atoms with Gasteiger partial charge in [0, 0.05) is 26.7 Å². The second-order valence-corrected chi connectivity index (χ2v) is 6.40. The Morgan fingerprint density at radius 2 is 2.15 bits per heavy atom. The van der Waals surface area contributed by atoms with Crippen LogP contribution in [0.4, 0.5) is 10.9 Å². The molecule has 1 fully saturated rings. The van der Waals surface area contributed by atoms with Crippen LogP contribution in [-0.4, -0.2) is 42.5 Å². The van der Waals surface area contributed by atoms with Gasteiger partial charge in [0.25, 0.3) is 5.91 Å². The molecule has 0 spiro atoms. The number of nitrogens with zero attached hydrogens (tertiary/aromatic N) is 3.